The molecule has 0 aliphatic carbocycles. The minimum Gasteiger partial charge on any atom is -0.355 e. The molecule has 0 saturated heterocycles. The first kappa shape index (κ1) is 10.5. The summed E-state index contributed by atoms with van der Waals surface area (Å²) in [4.78, 5) is 1.89. The van der Waals surface area contributed by atoms with Crippen LogP contribution in [0.2, 0.25) is 0 Å². The maximum absolute atomic E-state index is 4.29. The van der Waals surface area contributed by atoms with Crippen molar-refractivity contribution in [3.63, 3.8) is 0 Å². The summed E-state index contributed by atoms with van der Waals surface area (Å²) in [6.45, 7) is 0. The van der Waals surface area contributed by atoms with Crippen LogP contribution in [0.4, 0.5) is 11.4 Å². The van der Waals surface area contributed by atoms with Crippen molar-refractivity contribution in [1.82, 2.24) is 0 Å². The average molecular weight is 233 g/mol. The average Bonchev–Trinajstić information content (AvgIpc) is 2.17. The van der Waals surface area contributed by atoms with Crippen molar-refractivity contribution in [1.29, 1.82) is 0 Å². The van der Waals surface area contributed by atoms with E-state index in [1.807, 2.05) is 48.5 Å². The fraction of sp³-hybridized carbons (Fsp3) is 0. The van der Waals surface area contributed by atoms with Crippen LogP contribution in [0.1, 0.15) is 0 Å². The second-order valence-corrected chi connectivity index (χ2v) is 4.26. The zero-order valence-corrected chi connectivity index (χ0v) is 9.80. The van der Waals surface area contributed by atoms with Crippen molar-refractivity contribution in [3.05, 3.63) is 48.5 Å². The molecule has 15 heavy (non-hydrogen) atoms. The van der Waals surface area contributed by atoms with E-state index in [0.29, 0.717) is 0 Å². The third kappa shape index (κ3) is 2.94. The van der Waals surface area contributed by atoms with E-state index in [4.69, 9.17) is 0 Å². The van der Waals surface area contributed by atoms with Gasteiger partial charge in [0.1, 0.15) is 0 Å². The van der Waals surface area contributed by atoms with Crippen LogP contribution in [0.15, 0.2) is 58.3 Å². The number of hydrogen-bond acceptors (Lipinski definition) is 3. The quantitative estimate of drug-likeness (QED) is 0.666. The van der Waals surface area contributed by atoms with E-state index in [2.05, 4.69) is 30.6 Å². The van der Waals surface area contributed by atoms with Gasteiger partial charge in [0.05, 0.1) is 0 Å². The van der Waals surface area contributed by atoms with E-state index in [-0.39, 0.29) is 0 Å². The second-order valence-electron chi connectivity index (χ2n) is 3.23. The Kier molecular flexibility index (Phi) is 3.23. The van der Waals surface area contributed by atoms with Crippen molar-refractivity contribution < 1.29 is 0 Å². The third-order valence-corrected chi connectivity index (χ3v) is 2.54. The lowest BCUT2D eigenvalue weighted by atomic mass is 10.2. The lowest BCUT2D eigenvalue weighted by molar-refractivity contribution is 1.41. The van der Waals surface area contributed by atoms with Crippen LogP contribution in [-0.2, 0) is 0 Å². The SMILES string of the molecule is Sc1cccc(Nc2cccc(S)c2)c1. The second kappa shape index (κ2) is 4.64. The number of thiol groups is 2. The molecule has 0 saturated carbocycles. The summed E-state index contributed by atoms with van der Waals surface area (Å²) >= 11 is 8.57. The first-order chi connectivity index (χ1) is 7.24. The van der Waals surface area contributed by atoms with E-state index in [0.717, 1.165) is 21.2 Å². The molecule has 0 atom stereocenters. The molecular formula is C12H11NS2. The van der Waals surface area contributed by atoms with Crippen LogP contribution in [0, 0.1) is 0 Å². The van der Waals surface area contributed by atoms with Crippen LogP contribution >= 0.6 is 25.3 Å². The van der Waals surface area contributed by atoms with Gasteiger partial charge in [-0.25, -0.2) is 0 Å². The summed E-state index contributed by atoms with van der Waals surface area (Å²) in [6, 6.07) is 15.8. The summed E-state index contributed by atoms with van der Waals surface area (Å²) in [5, 5.41) is 3.29. The molecule has 1 nitrogen and oxygen atoms in total. The van der Waals surface area contributed by atoms with Crippen LogP contribution < -0.4 is 5.32 Å². The minimum atomic E-state index is 0.946. The number of rotatable bonds is 2. The molecule has 3 heteroatoms. The van der Waals surface area contributed by atoms with Crippen molar-refractivity contribution in [3.8, 4) is 0 Å². The summed E-state index contributed by atoms with van der Waals surface area (Å²) in [7, 11) is 0. The summed E-state index contributed by atoms with van der Waals surface area (Å²) < 4.78 is 0. The summed E-state index contributed by atoms with van der Waals surface area (Å²) in [6.07, 6.45) is 0. The first-order valence-electron chi connectivity index (χ1n) is 4.59. The number of nitrogens with one attached hydrogen (secondary N) is 1. The molecule has 76 valence electrons. The first-order valence-corrected chi connectivity index (χ1v) is 5.48. The molecule has 0 amide bonds. The number of anilines is 2. The molecule has 0 spiro atoms. The van der Waals surface area contributed by atoms with Crippen molar-refractivity contribution >= 4 is 36.6 Å². The molecule has 0 aliphatic heterocycles. The highest BCUT2D eigenvalue weighted by Gasteiger charge is 1.95. The molecule has 2 aromatic rings. The van der Waals surface area contributed by atoms with Crippen LogP contribution in [-0.4, -0.2) is 0 Å². The number of hydrogen-bond donors (Lipinski definition) is 3. The molecular weight excluding hydrogens is 222 g/mol. The van der Waals surface area contributed by atoms with E-state index >= 15 is 0 Å². The normalized spacial score (nSPS) is 10.0. The van der Waals surface area contributed by atoms with Crippen LogP contribution in [0.25, 0.3) is 0 Å². The molecule has 2 aromatic carbocycles. The van der Waals surface area contributed by atoms with E-state index in [1.54, 1.807) is 0 Å². The van der Waals surface area contributed by atoms with Gasteiger partial charge in [-0.3, -0.25) is 0 Å². The van der Waals surface area contributed by atoms with Gasteiger partial charge < -0.3 is 5.32 Å². The number of benzene rings is 2. The van der Waals surface area contributed by atoms with Crippen LogP contribution in [0.5, 0.6) is 0 Å². The highest BCUT2D eigenvalue weighted by molar-refractivity contribution is 7.80. The van der Waals surface area contributed by atoms with Gasteiger partial charge in [-0.1, -0.05) is 12.1 Å². The molecule has 0 aliphatic rings. The van der Waals surface area contributed by atoms with Gasteiger partial charge in [0.25, 0.3) is 0 Å². The minimum absolute atomic E-state index is 0.946. The Labute approximate surface area is 100 Å². The topological polar surface area (TPSA) is 12.0 Å². The predicted octanol–water partition coefficient (Wildman–Crippen LogP) is 4.01. The summed E-state index contributed by atoms with van der Waals surface area (Å²) in [5.74, 6) is 0. The van der Waals surface area contributed by atoms with E-state index in [1.165, 1.54) is 0 Å². The van der Waals surface area contributed by atoms with Gasteiger partial charge in [0, 0.05) is 21.2 Å². The predicted molar refractivity (Wildman–Crippen MR) is 70.7 cm³/mol. The molecule has 0 unspecified atom stereocenters. The Morgan fingerprint density at radius 3 is 1.60 bits per heavy atom. The molecule has 0 heterocycles. The lowest BCUT2D eigenvalue weighted by Gasteiger charge is -2.07. The molecule has 1 N–H and O–H groups in total. The van der Waals surface area contributed by atoms with E-state index in [9.17, 15) is 0 Å². The zero-order valence-electron chi connectivity index (χ0n) is 8.01. The van der Waals surface area contributed by atoms with Gasteiger partial charge in [0.2, 0.25) is 0 Å². The molecule has 0 aromatic heterocycles. The maximum Gasteiger partial charge on any atom is 0.0395 e. The van der Waals surface area contributed by atoms with Gasteiger partial charge in [-0.15, -0.1) is 25.3 Å². The highest BCUT2D eigenvalue weighted by atomic mass is 32.1. The maximum atomic E-state index is 4.29. The Balaban J connectivity index is 2.22. The smallest absolute Gasteiger partial charge is 0.0395 e. The zero-order chi connectivity index (χ0) is 10.7. The molecule has 2 rings (SSSR count). The third-order valence-electron chi connectivity index (χ3n) is 1.98. The molecule has 0 bridgehead atoms. The van der Waals surface area contributed by atoms with Crippen LogP contribution in [0.3, 0.4) is 0 Å². The van der Waals surface area contributed by atoms with Crippen molar-refractivity contribution in [2.24, 2.45) is 0 Å². The van der Waals surface area contributed by atoms with Crippen molar-refractivity contribution in [2.45, 2.75) is 9.79 Å². The largest absolute Gasteiger partial charge is 0.355 e. The fourth-order valence-electron chi connectivity index (χ4n) is 1.33. The van der Waals surface area contributed by atoms with Gasteiger partial charge in [-0.05, 0) is 36.4 Å². The standard InChI is InChI=1S/C12H11NS2/c14-11-5-1-3-9(7-11)13-10-4-2-6-12(15)8-10/h1-8,13-15H. The fourth-order valence-corrected chi connectivity index (χ4v) is 1.78. The van der Waals surface area contributed by atoms with Gasteiger partial charge in [0.15, 0.2) is 0 Å². The Morgan fingerprint density at radius 1 is 0.733 bits per heavy atom. The van der Waals surface area contributed by atoms with Crippen molar-refractivity contribution in [2.75, 3.05) is 5.32 Å². The van der Waals surface area contributed by atoms with Gasteiger partial charge >= 0.3 is 0 Å². The Bertz CT molecular complexity index is 425. The van der Waals surface area contributed by atoms with Gasteiger partial charge in [-0.2, -0.15) is 0 Å². The lowest BCUT2D eigenvalue weighted by Crippen LogP contribution is -1.89. The Hall–Kier alpha value is -1.06. The van der Waals surface area contributed by atoms with E-state index < -0.39 is 0 Å². The summed E-state index contributed by atoms with van der Waals surface area (Å²) in [5.41, 5.74) is 2.06. The molecule has 0 fully saturated rings. The highest BCUT2D eigenvalue weighted by Crippen LogP contribution is 2.20. The monoisotopic (exact) mass is 233 g/mol. The Morgan fingerprint density at radius 2 is 1.20 bits per heavy atom. The molecule has 0 radical (unpaired) electrons.